The molecule has 2 aliphatic rings. The van der Waals surface area contributed by atoms with Crippen molar-refractivity contribution in [3.05, 3.63) is 35.6 Å². The first-order valence-electron chi connectivity index (χ1n) is 8.01. The number of furan rings is 1. The van der Waals surface area contributed by atoms with E-state index in [9.17, 15) is 9.59 Å². The largest absolute Gasteiger partial charge is 0.463 e. The minimum atomic E-state index is -0.0246. The van der Waals surface area contributed by atoms with Crippen molar-refractivity contribution in [2.45, 2.75) is 19.4 Å². The van der Waals surface area contributed by atoms with Gasteiger partial charge in [-0.3, -0.25) is 4.79 Å². The van der Waals surface area contributed by atoms with Gasteiger partial charge in [0.2, 0.25) is 0 Å². The predicted molar refractivity (Wildman–Crippen MR) is 85.4 cm³/mol. The normalized spacial score (nSPS) is 18.4. The number of fused-ring (bicyclic) bond motifs is 1. The van der Waals surface area contributed by atoms with Crippen LogP contribution in [0.1, 0.15) is 22.8 Å². The number of hydrogen-bond acceptors (Lipinski definition) is 3. The fraction of sp³-hybridized carbons (Fsp3) is 0.412. The van der Waals surface area contributed by atoms with Crippen LogP contribution in [0, 0.1) is 0 Å². The average Bonchev–Trinajstić information content (AvgIpc) is 3.11. The zero-order valence-electron chi connectivity index (χ0n) is 13.0. The number of amides is 3. The highest BCUT2D eigenvalue weighted by Gasteiger charge is 2.39. The lowest BCUT2D eigenvalue weighted by atomic mass is 10.0. The Hall–Kier alpha value is -2.50. The second-order valence-corrected chi connectivity index (χ2v) is 6.12. The van der Waals surface area contributed by atoms with Crippen LogP contribution in [0.4, 0.5) is 4.79 Å². The van der Waals surface area contributed by atoms with Gasteiger partial charge in [0.15, 0.2) is 0 Å². The molecule has 120 valence electrons. The highest BCUT2D eigenvalue weighted by atomic mass is 16.3. The molecule has 0 bridgehead atoms. The van der Waals surface area contributed by atoms with E-state index < -0.39 is 0 Å². The van der Waals surface area contributed by atoms with Gasteiger partial charge in [-0.05, 0) is 24.1 Å². The quantitative estimate of drug-likeness (QED) is 0.940. The Bertz CT molecular complexity index is 776. The lowest BCUT2D eigenvalue weighted by Crippen LogP contribution is -2.61. The van der Waals surface area contributed by atoms with Crippen molar-refractivity contribution in [2.75, 3.05) is 26.2 Å². The summed E-state index contributed by atoms with van der Waals surface area (Å²) in [5.74, 6) is -0.0205. The molecule has 0 aliphatic carbocycles. The van der Waals surface area contributed by atoms with E-state index in [1.165, 1.54) is 5.56 Å². The number of rotatable bonds is 3. The fourth-order valence-corrected chi connectivity index (χ4v) is 3.29. The first-order chi connectivity index (χ1) is 11.2. The number of carbonyl (C=O) groups is 2. The maximum absolute atomic E-state index is 12.7. The average molecular weight is 313 g/mol. The first kappa shape index (κ1) is 14.1. The van der Waals surface area contributed by atoms with Crippen LogP contribution in [-0.4, -0.2) is 54.0 Å². The van der Waals surface area contributed by atoms with Crippen molar-refractivity contribution in [2.24, 2.45) is 0 Å². The third-order valence-corrected chi connectivity index (χ3v) is 4.76. The van der Waals surface area contributed by atoms with E-state index in [0.29, 0.717) is 25.2 Å². The van der Waals surface area contributed by atoms with Crippen LogP contribution in [0.25, 0.3) is 11.0 Å². The Morgan fingerprint density at radius 3 is 2.91 bits per heavy atom. The molecule has 23 heavy (non-hydrogen) atoms. The minimum absolute atomic E-state index is 0.0205. The van der Waals surface area contributed by atoms with Crippen molar-refractivity contribution in [3.63, 3.8) is 0 Å². The van der Waals surface area contributed by atoms with Crippen molar-refractivity contribution in [3.8, 4) is 0 Å². The van der Waals surface area contributed by atoms with Gasteiger partial charge in [0.25, 0.3) is 5.91 Å². The highest BCUT2D eigenvalue weighted by molar-refractivity contribution is 6.06. The van der Waals surface area contributed by atoms with Gasteiger partial charge in [0.1, 0.15) is 11.8 Å². The summed E-state index contributed by atoms with van der Waals surface area (Å²) < 4.78 is 5.51. The number of benzene rings is 1. The molecule has 6 heteroatoms. The van der Waals surface area contributed by atoms with Gasteiger partial charge >= 0.3 is 6.03 Å². The monoisotopic (exact) mass is 313 g/mol. The second-order valence-electron chi connectivity index (χ2n) is 6.12. The molecule has 2 saturated heterocycles. The topological polar surface area (TPSA) is 65.8 Å². The summed E-state index contributed by atoms with van der Waals surface area (Å²) >= 11 is 0. The minimum Gasteiger partial charge on any atom is -0.463 e. The Kier molecular flexibility index (Phi) is 3.25. The lowest BCUT2D eigenvalue weighted by molar-refractivity contribution is 0.0407. The summed E-state index contributed by atoms with van der Waals surface area (Å²) in [6, 6.07) is 6.07. The van der Waals surface area contributed by atoms with Gasteiger partial charge < -0.3 is 19.5 Å². The second kappa shape index (κ2) is 5.30. The number of hydrogen-bond donors (Lipinski definition) is 1. The van der Waals surface area contributed by atoms with Crippen LogP contribution in [0.5, 0.6) is 0 Å². The summed E-state index contributed by atoms with van der Waals surface area (Å²) in [6.07, 6.45) is 2.47. The molecular formula is C17H19N3O3. The van der Waals surface area contributed by atoms with E-state index >= 15 is 0 Å². The fourth-order valence-electron chi connectivity index (χ4n) is 3.29. The summed E-state index contributed by atoms with van der Waals surface area (Å²) in [4.78, 5) is 27.9. The molecule has 1 aromatic heterocycles. The molecular weight excluding hydrogens is 294 g/mol. The molecule has 0 atom stereocenters. The molecule has 3 heterocycles. The Morgan fingerprint density at radius 1 is 1.39 bits per heavy atom. The van der Waals surface area contributed by atoms with Gasteiger partial charge in [0, 0.05) is 31.6 Å². The smallest absolute Gasteiger partial charge is 0.317 e. The molecule has 3 amide bonds. The zero-order chi connectivity index (χ0) is 16.0. The molecule has 1 aromatic carbocycles. The molecule has 2 aliphatic heterocycles. The third kappa shape index (κ3) is 2.25. The number of aryl methyl sites for hydroxylation is 1. The van der Waals surface area contributed by atoms with E-state index in [-0.39, 0.29) is 18.0 Å². The van der Waals surface area contributed by atoms with E-state index in [1.54, 1.807) is 11.2 Å². The molecule has 0 spiro atoms. The van der Waals surface area contributed by atoms with Crippen LogP contribution >= 0.6 is 0 Å². The predicted octanol–water partition coefficient (Wildman–Crippen LogP) is 1.84. The van der Waals surface area contributed by atoms with Gasteiger partial charge in [-0.2, -0.15) is 0 Å². The van der Waals surface area contributed by atoms with Crippen LogP contribution in [0.3, 0.4) is 0 Å². The number of urea groups is 1. The summed E-state index contributed by atoms with van der Waals surface area (Å²) in [7, 11) is 0. The number of nitrogens with one attached hydrogen (secondary N) is 1. The van der Waals surface area contributed by atoms with Crippen molar-refractivity contribution >= 4 is 22.9 Å². The number of carbonyl (C=O) groups excluding carboxylic acids is 2. The van der Waals surface area contributed by atoms with Crippen LogP contribution in [0.15, 0.2) is 28.9 Å². The van der Waals surface area contributed by atoms with Crippen LogP contribution < -0.4 is 5.32 Å². The van der Waals surface area contributed by atoms with Crippen LogP contribution in [0.2, 0.25) is 0 Å². The number of nitrogens with zero attached hydrogens (tertiary/aromatic N) is 2. The summed E-state index contributed by atoms with van der Waals surface area (Å²) in [5.41, 5.74) is 2.53. The molecule has 2 aromatic rings. The highest BCUT2D eigenvalue weighted by Crippen LogP contribution is 2.26. The molecule has 2 fully saturated rings. The van der Waals surface area contributed by atoms with E-state index in [1.807, 2.05) is 23.1 Å². The molecule has 0 radical (unpaired) electrons. The van der Waals surface area contributed by atoms with Crippen molar-refractivity contribution in [1.82, 2.24) is 15.1 Å². The van der Waals surface area contributed by atoms with Crippen LogP contribution in [-0.2, 0) is 6.42 Å². The van der Waals surface area contributed by atoms with Gasteiger partial charge in [-0.1, -0.05) is 13.0 Å². The van der Waals surface area contributed by atoms with E-state index in [2.05, 4.69) is 12.2 Å². The maximum atomic E-state index is 12.7. The van der Waals surface area contributed by atoms with E-state index in [4.69, 9.17) is 4.42 Å². The van der Waals surface area contributed by atoms with Gasteiger partial charge in [0.05, 0.1) is 11.6 Å². The summed E-state index contributed by atoms with van der Waals surface area (Å²) in [6.45, 7) is 4.68. The van der Waals surface area contributed by atoms with E-state index in [0.717, 1.165) is 23.9 Å². The Morgan fingerprint density at radius 2 is 2.22 bits per heavy atom. The molecule has 4 rings (SSSR count). The number of likely N-dealkylation sites (tertiary alicyclic amines) is 1. The molecule has 0 saturated carbocycles. The van der Waals surface area contributed by atoms with Crippen molar-refractivity contribution in [1.29, 1.82) is 0 Å². The molecule has 1 N–H and O–H groups in total. The summed E-state index contributed by atoms with van der Waals surface area (Å²) in [5, 5.41) is 3.67. The first-order valence-corrected chi connectivity index (χ1v) is 8.01. The third-order valence-electron chi connectivity index (χ3n) is 4.76. The SMILES string of the molecule is CCc1ccc2occ(C(=O)N3CC(N4CCNC4=O)C3)c2c1. The maximum Gasteiger partial charge on any atom is 0.317 e. The van der Waals surface area contributed by atoms with Gasteiger partial charge in [-0.15, -0.1) is 0 Å². The zero-order valence-corrected chi connectivity index (χ0v) is 13.0. The lowest BCUT2D eigenvalue weighted by Gasteiger charge is -2.43. The van der Waals surface area contributed by atoms with Crippen molar-refractivity contribution < 1.29 is 14.0 Å². The Labute approximate surface area is 134 Å². The van der Waals surface area contributed by atoms with Gasteiger partial charge in [-0.25, -0.2) is 4.79 Å². The standard InChI is InChI=1S/C17H19N3O3/c1-2-11-3-4-15-13(7-11)14(10-23-15)16(21)19-8-12(9-19)20-6-5-18-17(20)22/h3-4,7,10,12H,2,5-6,8-9H2,1H3,(H,18,22). The Balaban J connectivity index is 1.51. The molecule has 0 unspecified atom stereocenters. The molecule has 6 nitrogen and oxygen atoms in total.